The van der Waals surface area contributed by atoms with Gasteiger partial charge in [0.05, 0.1) is 12.2 Å². The van der Waals surface area contributed by atoms with E-state index in [1.54, 1.807) is 0 Å². The van der Waals surface area contributed by atoms with E-state index < -0.39 is 41.1 Å². The lowest BCUT2D eigenvalue weighted by atomic mass is 10.0. The van der Waals surface area contributed by atoms with Gasteiger partial charge >= 0.3 is 6.03 Å². The summed E-state index contributed by atoms with van der Waals surface area (Å²) < 4.78 is 51.0. The molecule has 1 fully saturated rings. The van der Waals surface area contributed by atoms with Gasteiger partial charge in [-0.05, 0) is 69.4 Å². The Morgan fingerprint density at radius 2 is 2.03 bits per heavy atom. The topological polar surface area (TPSA) is 130 Å². The first-order valence-corrected chi connectivity index (χ1v) is 12.5. The molecular weight excluding hydrogens is 499 g/mol. The maximum Gasteiger partial charge on any atom is 0.319 e. The van der Waals surface area contributed by atoms with E-state index in [2.05, 4.69) is 19.9 Å². The number of anilines is 1. The van der Waals surface area contributed by atoms with Crippen LogP contribution < -0.4 is 21.1 Å². The summed E-state index contributed by atoms with van der Waals surface area (Å²) >= 11 is 0.707. The number of aromatic nitrogens is 1. The molecule has 0 spiro atoms. The Balaban J connectivity index is 1.54. The highest BCUT2D eigenvalue weighted by molar-refractivity contribution is 7.11. The number of amides is 3. The van der Waals surface area contributed by atoms with Crippen LogP contribution in [-0.2, 0) is 0 Å². The fourth-order valence-corrected chi connectivity index (χ4v) is 4.88. The number of likely N-dealkylation sites (tertiary alicyclic amines) is 1. The Morgan fingerprint density at radius 3 is 2.75 bits per heavy atom. The van der Waals surface area contributed by atoms with Crippen molar-refractivity contribution in [3.63, 3.8) is 0 Å². The molecule has 1 aromatic heterocycles. The molecule has 0 radical (unpaired) electrons. The third kappa shape index (κ3) is 6.86. The normalized spacial score (nSPS) is 17.0. The summed E-state index contributed by atoms with van der Waals surface area (Å²) in [6.07, 6.45) is 3.44. The fourth-order valence-electron chi connectivity index (χ4n) is 4.15. The summed E-state index contributed by atoms with van der Waals surface area (Å²) in [5.41, 5.74) is 4.48. The zero-order valence-electron chi connectivity index (χ0n) is 19.9. The first kappa shape index (κ1) is 27.7. The number of ether oxygens (including phenoxy) is 1. The molecule has 1 aliphatic rings. The summed E-state index contributed by atoms with van der Waals surface area (Å²) in [7, 11) is 0. The Hall–Kier alpha value is -2.90. The van der Waals surface area contributed by atoms with Crippen LogP contribution in [-0.4, -0.2) is 58.6 Å². The van der Waals surface area contributed by atoms with E-state index in [0.29, 0.717) is 30.6 Å². The molecule has 2 atom stereocenters. The third-order valence-electron chi connectivity index (χ3n) is 6.03. The van der Waals surface area contributed by atoms with Crippen LogP contribution in [0.25, 0.3) is 0 Å². The fraction of sp³-hybridized carbons (Fsp3) is 0.522. The summed E-state index contributed by atoms with van der Waals surface area (Å²) in [5, 5.41) is 14.7. The van der Waals surface area contributed by atoms with Crippen molar-refractivity contribution in [3.8, 4) is 5.88 Å². The minimum atomic E-state index is -1.41. The number of carbonyl (C=O) groups excluding carboxylic acids is 2. The Kier molecular flexibility index (Phi) is 9.90. The van der Waals surface area contributed by atoms with Crippen LogP contribution in [0.15, 0.2) is 12.1 Å². The van der Waals surface area contributed by atoms with Crippen LogP contribution in [0, 0.1) is 17.5 Å². The zero-order valence-corrected chi connectivity index (χ0v) is 20.7. The molecule has 3 rings (SSSR count). The molecule has 3 amide bonds. The largest absolute Gasteiger partial charge is 0.468 e. The first-order valence-electron chi connectivity index (χ1n) is 11.7. The van der Waals surface area contributed by atoms with Crippen molar-refractivity contribution in [3.05, 3.63) is 40.7 Å². The van der Waals surface area contributed by atoms with Crippen LogP contribution in [0.5, 0.6) is 5.88 Å². The van der Waals surface area contributed by atoms with Gasteiger partial charge in [0, 0.05) is 12.6 Å². The van der Waals surface area contributed by atoms with Gasteiger partial charge in [0.2, 0.25) is 5.88 Å². The number of aliphatic hydroxyl groups is 1. The highest BCUT2D eigenvalue weighted by atomic mass is 32.1. The van der Waals surface area contributed by atoms with E-state index in [1.807, 2.05) is 0 Å². The number of rotatable bonds is 11. The number of nitrogens with two attached hydrogens (primary N) is 1. The molecular formula is C23H30F3N5O4S. The molecule has 9 nitrogen and oxygen atoms in total. The minimum absolute atomic E-state index is 0.00138. The Labute approximate surface area is 211 Å². The smallest absolute Gasteiger partial charge is 0.319 e. The summed E-state index contributed by atoms with van der Waals surface area (Å²) in [6, 6.07) is 1.02. The van der Waals surface area contributed by atoms with Crippen molar-refractivity contribution in [2.45, 2.75) is 51.2 Å². The molecule has 5 N–H and O–H groups in total. The second kappa shape index (κ2) is 12.9. The number of primary amides is 1. The average Bonchev–Trinajstić information content (AvgIpc) is 3.23. The SMILES string of the molecule is CC(Oc1nsc(NC(=O)NCCCCN2CCCCC2CO)c1C(N)=O)c1c(F)ccc(F)c1F. The summed E-state index contributed by atoms with van der Waals surface area (Å²) in [5.74, 6) is -5.00. The van der Waals surface area contributed by atoms with E-state index in [0.717, 1.165) is 44.8 Å². The summed E-state index contributed by atoms with van der Waals surface area (Å²) in [4.78, 5) is 26.6. The Morgan fingerprint density at radius 1 is 1.28 bits per heavy atom. The van der Waals surface area contributed by atoms with E-state index >= 15 is 0 Å². The molecule has 1 aromatic carbocycles. The van der Waals surface area contributed by atoms with Gasteiger partial charge in [-0.2, -0.15) is 4.37 Å². The number of aliphatic hydroxyl groups excluding tert-OH is 1. The van der Waals surface area contributed by atoms with Gasteiger partial charge in [0.1, 0.15) is 22.5 Å². The van der Waals surface area contributed by atoms with Gasteiger partial charge in [0.15, 0.2) is 11.6 Å². The van der Waals surface area contributed by atoms with Gasteiger partial charge in [0.25, 0.3) is 5.91 Å². The standard InChI is InChI=1S/C23H30F3N5O4S/c1-13(17-15(24)7-8-16(25)19(17)26)35-21-18(20(27)33)22(36-30-21)29-23(34)28-9-3-5-11-31-10-4-2-6-14(31)12-32/h7-8,13-14,32H,2-6,9-12H2,1H3,(H2,27,33)(H2,28,29,34). The zero-order chi connectivity index (χ0) is 26.2. The maximum atomic E-state index is 14.1. The minimum Gasteiger partial charge on any atom is -0.468 e. The lowest BCUT2D eigenvalue weighted by Crippen LogP contribution is -2.42. The van der Waals surface area contributed by atoms with Crippen molar-refractivity contribution in [2.75, 3.05) is 31.6 Å². The quantitative estimate of drug-likeness (QED) is 0.260. The van der Waals surface area contributed by atoms with Gasteiger partial charge in [-0.3, -0.25) is 15.0 Å². The average molecular weight is 530 g/mol. The number of nitrogens with zero attached hydrogens (tertiary/aromatic N) is 2. The predicted molar refractivity (Wildman–Crippen MR) is 129 cm³/mol. The number of benzene rings is 1. The number of nitrogens with one attached hydrogen (secondary N) is 2. The molecule has 1 aliphatic heterocycles. The van der Waals surface area contributed by atoms with Crippen molar-refractivity contribution >= 4 is 28.5 Å². The number of halogens is 3. The van der Waals surface area contributed by atoms with Gasteiger partial charge in [-0.25, -0.2) is 18.0 Å². The van der Waals surface area contributed by atoms with Crippen molar-refractivity contribution in [2.24, 2.45) is 5.73 Å². The molecule has 36 heavy (non-hydrogen) atoms. The molecule has 2 unspecified atom stereocenters. The van der Waals surface area contributed by atoms with E-state index in [9.17, 15) is 27.9 Å². The molecule has 2 heterocycles. The third-order valence-corrected chi connectivity index (χ3v) is 6.77. The Bertz CT molecular complexity index is 1070. The lowest BCUT2D eigenvalue weighted by Gasteiger charge is -2.34. The number of hydrogen-bond donors (Lipinski definition) is 4. The van der Waals surface area contributed by atoms with Crippen LogP contribution in [0.2, 0.25) is 0 Å². The molecule has 1 saturated heterocycles. The highest BCUT2D eigenvalue weighted by Gasteiger charge is 2.27. The monoisotopic (exact) mass is 529 g/mol. The molecule has 0 saturated carbocycles. The van der Waals surface area contributed by atoms with Crippen LogP contribution >= 0.6 is 11.5 Å². The predicted octanol–water partition coefficient (Wildman–Crippen LogP) is 3.55. The lowest BCUT2D eigenvalue weighted by molar-refractivity contribution is 0.0888. The van der Waals surface area contributed by atoms with Crippen molar-refractivity contribution in [1.29, 1.82) is 0 Å². The second-order valence-electron chi connectivity index (χ2n) is 8.53. The molecule has 13 heteroatoms. The maximum absolute atomic E-state index is 14.1. The second-order valence-corrected chi connectivity index (χ2v) is 9.30. The number of unbranched alkanes of at least 4 members (excludes halogenated alkanes) is 1. The van der Waals surface area contributed by atoms with Crippen LogP contribution in [0.3, 0.4) is 0 Å². The number of carbonyl (C=O) groups is 2. The van der Waals surface area contributed by atoms with E-state index in [4.69, 9.17) is 10.5 Å². The van der Waals surface area contributed by atoms with Gasteiger partial charge < -0.3 is 20.9 Å². The van der Waals surface area contributed by atoms with E-state index in [-0.39, 0.29) is 29.1 Å². The van der Waals surface area contributed by atoms with Crippen molar-refractivity contribution in [1.82, 2.24) is 14.6 Å². The number of hydrogen-bond acceptors (Lipinski definition) is 7. The molecule has 0 bridgehead atoms. The van der Waals surface area contributed by atoms with Crippen molar-refractivity contribution < 1.29 is 32.6 Å². The first-order chi connectivity index (χ1) is 17.2. The number of urea groups is 1. The molecule has 0 aliphatic carbocycles. The van der Waals surface area contributed by atoms with Crippen LogP contribution in [0.1, 0.15) is 61.1 Å². The van der Waals surface area contributed by atoms with E-state index in [1.165, 1.54) is 6.92 Å². The number of piperidine rings is 1. The highest BCUT2D eigenvalue weighted by Crippen LogP contribution is 2.34. The van der Waals surface area contributed by atoms with Crippen LogP contribution in [0.4, 0.5) is 23.0 Å². The van der Waals surface area contributed by atoms with Gasteiger partial charge in [-0.1, -0.05) is 6.42 Å². The summed E-state index contributed by atoms with van der Waals surface area (Å²) in [6.45, 7) is 3.58. The molecule has 198 valence electrons. The van der Waals surface area contributed by atoms with Gasteiger partial charge in [-0.15, -0.1) is 0 Å². The molecule has 2 aromatic rings.